The number of carbonyl (C=O) groups excluding carboxylic acids is 1. The molecule has 0 aromatic heterocycles. The van der Waals surface area contributed by atoms with Crippen LogP contribution in [0.4, 0.5) is 0 Å². The molecule has 0 radical (unpaired) electrons. The minimum atomic E-state index is -0.535. The summed E-state index contributed by atoms with van der Waals surface area (Å²) in [5.41, 5.74) is 1.11. The first-order valence-electron chi connectivity index (χ1n) is 3.92. The van der Waals surface area contributed by atoms with Gasteiger partial charge in [-0.3, -0.25) is 4.79 Å². The minimum absolute atomic E-state index is 0.250. The standard InChI is InChI=1S/C10H8ClNO2/c1-14-9-6-8(10(11)13)3-2-7(9)4-5-12/h2-3,6H,4H2,1H3. The van der Waals surface area contributed by atoms with Gasteiger partial charge in [-0.15, -0.1) is 0 Å². The maximum atomic E-state index is 10.8. The van der Waals surface area contributed by atoms with Gasteiger partial charge in [0.15, 0.2) is 0 Å². The van der Waals surface area contributed by atoms with Crippen LogP contribution in [0.5, 0.6) is 5.75 Å². The zero-order valence-electron chi connectivity index (χ0n) is 7.58. The number of benzene rings is 1. The number of methoxy groups -OCH3 is 1. The maximum absolute atomic E-state index is 10.8. The van der Waals surface area contributed by atoms with Gasteiger partial charge < -0.3 is 4.74 Å². The number of carbonyl (C=O) groups is 1. The van der Waals surface area contributed by atoms with E-state index in [0.717, 1.165) is 5.56 Å². The molecule has 0 unspecified atom stereocenters. The Morgan fingerprint density at radius 3 is 2.86 bits per heavy atom. The van der Waals surface area contributed by atoms with E-state index in [0.29, 0.717) is 11.3 Å². The van der Waals surface area contributed by atoms with Crippen LogP contribution in [0.25, 0.3) is 0 Å². The fourth-order valence-corrected chi connectivity index (χ4v) is 1.22. The number of nitriles is 1. The largest absolute Gasteiger partial charge is 0.496 e. The normalized spacial score (nSPS) is 9.21. The van der Waals surface area contributed by atoms with Gasteiger partial charge in [-0.25, -0.2) is 0 Å². The molecule has 0 N–H and O–H groups in total. The van der Waals surface area contributed by atoms with Crippen molar-refractivity contribution in [3.8, 4) is 11.8 Å². The van der Waals surface area contributed by atoms with Crippen molar-refractivity contribution < 1.29 is 9.53 Å². The number of halogens is 1. The Hall–Kier alpha value is -1.53. The van der Waals surface area contributed by atoms with E-state index in [9.17, 15) is 4.79 Å². The fraction of sp³-hybridized carbons (Fsp3) is 0.200. The summed E-state index contributed by atoms with van der Waals surface area (Å²) in [5, 5.41) is 7.98. The Morgan fingerprint density at radius 1 is 1.64 bits per heavy atom. The molecule has 0 aliphatic heterocycles. The summed E-state index contributed by atoms with van der Waals surface area (Å²) < 4.78 is 5.03. The van der Waals surface area contributed by atoms with Crippen LogP contribution in [-0.4, -0.2) is 12.4 Å². The average Bonchev–Trinajstić information content (AvgIpc) is 2.18. The molecule has 4 heteroatoms. The lowest BCUT2D eigenvalue weighted by molar-refractivity contribution is 0.108. The Labute approximate surface area is 86.9 Å². The van der Waals surface area contributed by atoms with Gasteiger partial charge in [0.1, 0.15) is 5.75 Å². The fourth-order valence-electron chi connectivity index (χ4n) is 1.10. The van der Waals surface area contributed by atoms with Crippen molar-refractivity contribution in [3.63, 3.8) is 0 Å². The van der Waals surface area contributed by atoms with Gasteiger partial charge in [0.25, 0.3) is 5.24 Å². The summed E-state index contributed by atoms with van der Waals surface area (Å²) >= 11 is 5.30. The predicted octanol–water partition coefficient (Wildman–Crippen LogP) is 2.14. The van der Waals surface area contributed by atoms with E-state index in [1.807, 2.05) is 6.07 Å². The molecule has 3 nitrogen and oxygen atoms in total. The molecule has 0 aliphatic carbocycles. The van der Waals surface area contributed by atoms with Gasteiger partial charge >= 0.3 is 0 Å². The summed E-state index contributed by atoms with van der Waals surface area (Å²) in [6.07, 6.45) is 0.250. The first kappa shape index (κ1) is 10.6. The maximum Gasteiger partial charge on any atom is 0.252 e. The first-order valence-corrected chi connectivity index (χ1v) is 4.30. The van der Waals surface area contributed by atoms with Crippen LogP contribution in [0.15, 0.2) is 18.2 Å². The highest BCUT2D eigenvalue weighted by molar-refractivity contribution is 6.67. The molecule has 0 atom stereocenters. The molecule has 1 rings (SSSR count). The molecule has 1 aromatic rings. The van der Waals surface area contributed by atoms with Gasteiger partial charge in [-0.05, 0) is 23.7 Å². The number of nitrogens with zero attached hydrogens (tertiary/aromatic N) is 1. The van der Waals surface area contributed by atoms with E-state index in [2.05, 4.69) is 0 Å². The molecule has 0 saturated heterocycles. The summed E-state index contributed by atoms with van der Waals surface area (Å²) in [6, 6.07) is 6.78. The lowest BCUT2D eigenvalue weighted by Crippen LogP contribution is -1.95. The molecule has 0 fully saturated rings. The van der Waals surface area contributed by atoms with Crippen LogP contribution < -0.4 is 4.74 Å². The van der Waals surface area contributed by atoms with Gasteiger partial charge in [-0.1, -0.05) is 6.07 Å². The first-order chi connectivity index (χ1) is 6.69. The van der Waals surface area contributed by atoms with Crippen LogP contribution in [0.1, 0.15) is 15.9 Å². The van der Waals surface area contributed by atoms with Gasteiger partial charge in [0, 0.05) is 11.1 Å². The zero-order valence-corrected chi connectivity index (χ0v) is 8.34. The lowest BCUT2D eigenvalue weighted by Gasteiger charge is -2.05. The van der Waals surface area contributed by atoms with Crippen molar-refractivity contribution in [2.24, 2.45) is 0 Å². The van der Waals surface area contributed by atoms with Gasteiger partial charge in [0.05, 0.1) is 19.6 Å². The third kappa shape index (κ3) is 2.24. The SMILES string of the molecule is COc1cc(C(=O)Cl)ccc1CC#N. The number of hydrogen-bond donors (Lipinski definition) is 0. The van der Waals surface area contributed by atoms with E-state index in [1.54, 1.807) is 12.1 Å². The number of ether oxygens (including phenoxy) is 1. The Kier molecular flexibility index (Phi) is 3.49. The van der Waals surface area contributed by atoms with E-state index in [1.165, 1.54) is 13.2 Å². The summed E-state index contributed by atoms with van der Waals surface area (Å²) in [6.45, 7) is 0. The highest BCUT2D eigenvalue weighted by Crippen LogP contribution is 2.21. The average molecular weight is 210 g/mol. The third-order valence-corrected chi connectivity index (χ3v) is 2.00. The van der Waals surface area contributed by atoms with Crippen LogP contribution >= 0.6 is 11.6 Å². The lowest BCUT2D eigenvalue weighted by atomic mass is 10.1. The second-order valence-corrected chi connectivity index (χ2v) is 2.98. The highest BCUT2D eigenvalue weighted by atomic mass is 35.5. The van der Waals surface area contributed by atoms with Crippen molar-refractivity contribution >= 4 is 16.8 Å². The van der Waals surface area contributed by atoms with Crippen LogP contribution in [0.2, 0.25) is 0 Å². The van der Waals surface area contributed by atoms with E-state index in [4.69, 9.17) is 21.6 Å². The molecule has 0 amide bonds. The topological polar surface area (TPSA) is 50.1 Å². The van der Waals surface area contributed by atoms with Crippen molar-refractivity contribution in [1.82, 2.24) is 0 Å². The molecule has 0 bridgehead atoms. The van der Waals surface area contributed by atoms with E-state index < -0.39 is 5.24 Å². The van der Waals surface area contributed by atoms with Crippen molar-refractivity contribution in [2.75, 3.05) is 7.11 Å². The molecule has 0 saturated carbocycles. The minimum Gasteiger partial charge on any atom is -0.496 e. The third-order valence-electron chi connectivity index (χ3n) is 1.78. The Morgan fingerprint density at radius 2 is 2.36 bits per heavy atom. The van der Waals surface area contributed by atoms with Gasteiger partial charge in [-0.2, -0.15) is 5.26 Å². The predicted molar refractivity (Wildman–Crippen MR) is 52.5 cm³/mol. The second kappa shape index (κ2) is 4.64. The summed E-state index contributed by atoms with van der Waals surface area (Å²) in [5.74, 6) is 0.512. The van der Waals surface area contributed by atoms with Crippen LogP contribution in [0, 0.1) is 11.3 Å². The molecule has 72 valence electrons. The molecular formula is C10H8ClNO2. The molecular weight excluding hydrogens is 202 g/mol. The van der Waals surface area contributed by atoms with E-state index in [-0.39, 0.29) is 6.42 Å². The monoisotopic (exact) mass is 209 g/mol. The second-order valence-electron chi connectivity index (χ2n) is 2.64. The van der Waals surface area contributed by atoms with Crippen molar-refractivity contribution in [2.45, 2.75) is 6.42 Å². The molecule has 0 heterocycles. The van der Waals surface area contributed by atoms with Crippen LogP contribution in [-0.2, 0) is 6.42 Å². The van der Waals surface area contributed by atoms with Gasteiger partial charge in [0.2, 0.25) is 0 Å². The van der Waals surface area contributed by atoms with Crippen LogP contribution in [0.3, 0.4) is 0 Å². The smallest absolute Gasteiger partial charge is 0.252 e. The molecule has 14 heavy (non-hydrogen) atoms. The molecule has 0 spiro atoms. The molecule has 0 aliphatic rings. The molecule has 1 aromatic carbocycles. The highest BCUT2D eigenvalue weighted by Gasteiger charge is 2.07. The summed E-state index contributed by atoms with van der Waals surface area (Å²) in [7, 11) is 1.48. The van der Waals surface area contributed by atoms with E-state index >= 15 is 0 Å². The zero-order chi connectivity index (χ0) is 10.6. The van der Waals surface area contributed by atoms with Crippen molar-refractivity contribution in [1.29, 1.82) is 5.26 Å². The quantitative estimate of drug-likeness (QED) is 0.717. The summed E-state index contributed by atoms with van der Waals surface area (Å²) in [4.78, 5) is 10.8. The number of rotatable bonds is 3. The Bertz CT molecular complexity index is 396. The number of hydrogen-bond acceptors (Lipinski definition) is 3. The Balaban J connectivity index is 3.12. The van der Waals surface area contributed by atoms with Crippen molar-refractivity contribution in [3.05, 3.63) is 29.3 Å².